The van der Waals surface area contributed by atoms with Crippen LogP contribution in [0.5, 0.6) is 0 Å². The molecule has 1 unspecified atom stereocenters. The Morgan fingerprint density at radius 1 is 1.47 bits per heavy atom. The van der Waals surface area contributed by atoms with E-state index in [1.54, 1.807) is 0 Å². The van der Waals surface area contributed by atoms with Crippen molar-refractivity contribution in [2.45, 2.75) is 40.2 Å². The number of carbonyl (C=O) groups excluding carboxylic acids is 1. The summed E-state index contributed by atoms with van der Waals surface area (Å²) in [5, 5.41) is 6.06. The van der Waals surface area contributed by atoms with Crippen molar-refractivity contribution in [1.29, 1.82) is 0 Å². The molecule has 4 nitrogen and oxygen atoms in total. The van der Waals surface area contributed by atoms with Crippen LogP contribution in [0, 0.1) is 11.3 Å². The highest BCUT2D eigenvalue weighted by molar-refractivity contribution is 5.77. The summed E-state index contributed by atoms with van der Waals surface area (Å²) < 4.78 is 5.57. The van der Waals surface area contributed by atoms with E-state index in [1.807, 2.05) is 6.92 Å². The van der Waals surface area contributed by atoms with Gasteiger partial charge in [0.05, 0.1) is 5.60 Å². The van der Waals surface area contributed by atoms with Crippen LogP contribution in [0.1, 0.15) is 34.6 Å². The Hall–Kier alpha value is -0.610. The molecule has 0 radical (unpaired) electrons. The zero-order chi connectivity index (χ0) is 13.1. The highest BCUT2D eigenvalue weighted by Crippen LogP contribution is 2.24. The number of nitrogens with one attached hydrogen (secondary N) is 2. The third kappa shape index (κ3) is 4.64. The van der Waals surface area contributed by atoms with Crippen molar-refractivity contribution in [3.8, 4) is 0 Å². The lowest BCUT2D eigenvalue weighted by molar-refractivity contribution is -0.136. The molecule has 0 aromatic rings. The Labute approximate surface area is 104 Å². The van der Waals surface area contributed by atoms with E-state index in [9.17, 15) is 4.79 Å². The quantitative estimate of drug-likeness (QED) is 0.761. The normalized spacial score (nSPS) is 20.5. The summed E-state index contributed by atoms with van der Waals surface area (Å²) >= 11 is 0. The van der Waals surface area contributed by atoms with Gasteiger partial charge in [0.1, 0.15) is 6.61 Å². The minimum atomic E-state index is -0.146. The number of rotatable bonds is 5. The molecule has 1 heterocycles. The van der Waals surface area contributed by atoms with Gasteiger partial charge in [-0.2, -0.15) is 0 Å². The second-order valence-electron chi connectivity index (χ2n) is 6.41. The van der Waals surface area contributed by atoms with Gasteiger partial charge < -0.3 is 15.4 Å². The van der Waals surface area contributed by atoms with Gasteiger partial charge in [0.15, 0.2) is 0 Å². The third-order valence-corrected chi connectivity index (χ3v) is 3.63. The molecule has 1 rings (SSSR count). The molecule has 17 heavy (non-hydrogen) atoms. The molecule has 1 aliphatic heterocycles. The molecule has 1 saturated heterocycles. The van der Waals surface area contributed by atoms with Gasteiger partial charge >= 0.3 is 0 Å². The van der Waals surface area contributed by atoms with Crippen molar-refractivity contribution in [2.24, 2.45) is 11.3 Å². The van der Waals surface area contributed by atoms with Crippen LogP contribution in [0.4, 0.5) is 0 Å². The van der Waals surface area contributed by atoms with Crippen molar-refractivity contribution in [1.82, 2.24) is 10.6 Å². The first-order valence-corrected chi connectivity index (χ1v) is 6.34. The number of hydrogen-bond acceptors (Lipinski definition) is 3. The van der Waals surface area contributed by atoms with Gasteiger partial charge in [-0.15, -0.1) is 0 Å². The van der Waals surface area contributed by atoms with Crippen LogP contribution in [0.2, 0.25) is 0 Å². The molecular weight excluding hydrogens is 216 g/mol. The first-order valence-electron chi connectivity index (χ1n) is 6.34. The molecule has 100 valence electrons. The molecule has 0 aromatic heterocycles. The van der Waals surface area contributed by atoms with Crippen molar-refractivity contribution >= 4 is 5.91 Å². The van der Waals surface area contributed by atoms with Crippen molar-refractivity contribution in [3.05, 3.63) is 0 Å². The lowest BCUT2D eigenvalue weighted by Crippen LogP contribution is -2.59. The molecule has 0 aliphatic carbocycles. The van der Waals surface area contributed by atoms with Crippen LogP contribution in [0.3, 0.4) is 0 Å². The maximum atomic E-state index is 11.6. The van der Waals surface area contributed by atoms with E-state index >= 15 is 0 Å². The smallest absolute Gasteiger partial charge is 0.246 e. The predicted molar refractivity (Wildman–Crippen MR) is 68.9 cm³/mol. The first kappa shape index (κ1) is 14.5. The Morgan fingerprint density at radius 3 is 2.47 bits per heavy atom. The Morgan fingerprint density at radius 2 is 2.06 bits per heavy atom. The molecule has 1 atom stereocenters. The van der Waals surface area contributed by atoms with E-state index in [4.69, 9.17) is 4.74 Å². The van der Waals surface area contributed by atoms with Crippen LogP contribution in [0.25, 0.3) is 0 Å². The molecule has 0 saturated carbocycles. The second-order valence-corrected chi connectivity index (χ2v) is 6.41. The van der Waals surface area contributed by atoms with Crippen LogP contribution >= 0.6 is 0 Å². The minimum absolute atomic E-state index is 0.0192. The number of carbonyl (C=O) groups is 1. The topological polar surface area (TPSA) is 50.4 Å². The van der Waals surface area contributed by atoms with E-state index in [0.717, 1.165) is 13.1 Å². The molecule has 1 amide bonds. The fourth-order valence-corrected chi connectivity index (χ4v) is 1.44. The molecule has 4 heteroatoms. The minimum Gasteiger partial charge on any atom is -0.363 e. The van der Waals surface area contributed by atoms with Crippen molar-refractivity contribution in [2.75, 3.05) is 26.2 Å². The highest BCUT2D eigenvalue weighted by Gasteiger charge is 2.33. The fourth-order valence-electron chi connectivity index (χ4n) is 1.44. The van der Waals surface area contributed by atoms with Crippen LogP contribution in [-0.2, 0) is 9.53 Å². The second kappa shape index (κ2) is 5.36. The van der Waals surface area contributed by atoms with Crippen LogP contribution in [-0.4, -0.2) is 37.7 Å². The standard InChI is InChI=1S/C13H26N2O2/c1-10(12(2,3)4)6-15-11(16)7-17-13(5)8-14-9-13/h10,14H,6-9H2,1-5H3,(H,15,16). The molecule has 0 bridgehead atoms. The van der Waals surface area contributed by atoms with E-state index < -0.39 is 0 Å². The van der Waals surface area contributed by atoms with Crippen molar-refractivity contribution in [3.63, 3.8) is 0 Å². The van der Waals surface area contributed by atoms with Crippen LogP contribution < -0.4 is 10.6 Å². The summed E-state index contributed by atoms with van der Waals surface area (Å²) in [6, 6.07) is 0. The van der Waals surface area contributed by atoms with Gasteiger partial charge in [-0.3, -0.25) is 4.79 Å². The lowest BCUT2D eigenvalue weighted by Gasteiger charge is -2.38. The molecule has 1 aliphatic rings. The van der Waals surface area contributed by atoms with E-state index in [2.05, 4.69) is 38.3 Å². The average molecular weight is 242 g/mol. The maximum Gasteiger partial charge on any atom is 0.246 e. The van der Waals surface area contributed by atoms with Crippen LogP contribution in [0.15, 0.2) is 0 Å². The Balaban J connectivity index is 2.17. The van der Waals surface area contributed by atoms with Gasteiger partial charge in [0.2, 0.25) is 5.91 Å². The zero-order valence-electron chi connectivity index (χ0n) is 11.7. The Bertz CT molecular complexity index is 267. The van der Waals surface area contributed by atoms with Gasteiger partial charge in [0, 0.05) is 19.6 Å². The van der Waals surface area contributed by atoms with E-state index in [-0.39, 0.29) is 23.5 Å². The van der Waals surface area contributed by atoms with E-state index in [0.29, 0.717) is 12.5 Å². The zero-order valence-corrected chi connectivity index (χ0v) is 11.7. The first-order chi connectivity index (χ1) is 7.73. The van der Waals surface area contributed by atoms with Gasteiger partial charge in [0.25, 0.3) is 0 Å². The SMILES string of the molecule is CC(CNC(=O)COC1(C)CNC1)C(C)(C)C. The fraction of sp³-hybridized carbons (Fsp3) is 0.923. The number of amides is 1. The largest absolute Gasteiger partial charge is 0.363 e. The Kier molecular flexibility index (Phi) is 4.55. The predicted octanol–water partition coefficient (Wildman–Crippen LogP) is 1.16. The number of ether oxygens (including phenoxy) is 1. The molecule has 0 aromatic carbocycles. The molecule has 0 spiro atoms. The van der Waals surface area contributed by atoms with E-state index in [1.165, 1.54) is 0 Å². The maximum absolute atomic E-state index is 11.6. The summed E-state index contributed by atoms with van der Waals surface area (Å²) in [6.45, 7) is 13.3. The monoisotopic (exact) mass is 242 g/mol. The molecule has 2 N–H and O–H groups in total. The lowest BCUT2D eigenvalue weighted by atomic mass is 9.82. The third-order valence-electron chi connectivity index (χ3n) is 3.63. The van der Waals surface area contributed by atoms with Gasteiger partial charge in [-0.05, 0) is 18.3 Å². The average Bonchev–Trinajstić information content (AvgIpc) is 2.18. The van der Waals surface area contributed by atoms with Gasteiger partial charge in [-0.1, -0.05) is 27.7 Å². The highest BCUT2D eigenvalue weighted by atomic mass is 16.5. The molecular formula is C13H26N2O2. The number of hydrogen-bond donors (Lipinski definition) is 2. The summed E-state index contributed by atoms with van der Waals surface area (Å²) in [5.74, 6) is 0.432. The summed E-state index contributed by atoms with van der Waals surface area (Å²) in [5.41, 5.74) is 0.0744. The molecule has 1 fully saturated rings. The summed E-state index contributed by atoms with van der Waals surface area (Å²) in [4.78, 5) is 11.6. The summed E-state index contributed by atoms with van der Waals surface area (Å²) in [7, 11) is 0. The van der Waals surface area contributed by atoms with Gasteiger partial charge in [-0.25, -0.2) is 0 Å². The summed E-state index contributed by atoms with van der Waals surface area (Å²) in [6.07, 6.45) is 0. The van der Waals surface area contributed by atoms with Crippen molar-refractivity contribution < 1.29 is 9.53 Å².